The maximum absolute atomic E-state index is 11.8. The van der Waals surface area contributed by atoms with Crippen molar-refractivity contribution in [2.75, 3.05) is 26.2 Å². The molecule has 0 saturated carbocycles. The van der Waals surface area contributed by atoms with Crippen LogP contribution in [0.1, 0.15) is 18.6 Å². The first-order valence-corrected chi connectivity index (χ1v) is 6.90. The number of amides is 2. The summed E-state index contributed by atoms with van der Waals surface area (Å²) < 4.78 is 6.76. The lowest BCUT2D eigenvalue weighted by Crippen LogP contribution is -2.47. The number of carbonyl (C=O) groups is 1. The zero-order valence-electron chi connectivity index (χ0n) is 10.4. The van der Waals surface area contributed by atoms with Gasteiger partial charge >= 0.3 is 6.03 Å². The van der Waals surface area contributed by atoms with Crippen LogP contribution in [-0.4, -0.2) is 37.2 Å². The highest BCUT2D eigenvalue weighted by atomic mass is 79.9. The molecule has 0 radical (unpaired) electrons. The third-order valence-electron chi connectivity index (χ3n) is 2.90. The normalized spacial score (nSPS) is 19.7. The number of benzene rings is 1. The minimum atomic E-state index is -0.0427. The monoisotopic (exact) mass is 312 g/mol. The quantitative estimate of drug-likeness (QED) is 0.912. The number of halogens is 1. The van der Waals surface area contributed by atoms with Gasteiger partial charge in [0.1, 0.15) is 6.10 Å². The molecule has 1 atom stereocenters. The van der Waals surface area contributed by atoms with Crippen molar-refractivity contribution in [2.45, 2.75) is 13.0 Å². The van der Waals surface area contributed by atoms with E-state index in [0.29, 0.717) is 26.2 Å². The van der Waals surface area contributed by atoms with E-state index in [1.807, 2.05) is 31.2 Å². The second-order valence-corrected chi connectivity index (χ2v) is 5.11. The van der Waals surface area contributed by atoms with Crippen LogP contribution in [0.3, 0.4) is 0 Å². The Bertz CT molecular complexity index is 425. The number of nitrogens with one attached hydrogen (secondary N) is 1. The minimum absolute atomic E-state index is 0.0132. The topological polar surface area (TPSA) is 41.6 Å². The molecule has 1 N–H and O–H groups in total. The van der Waals surface area contributed by atoms with Crippen LogP contribution in [0.15, 0.2) is 28.7 Å². The molecular formula is C13H17BrN2O2. The first-order valence-electron chi connectivity index (χ1n) is 6.10. The van der Waals surface area contributed by atoms with E-state index in [4.69, 9.17) is 4.74 Å². The van der Waals surface area contributed by atoms with E-state index in [0.717, 1.165) is 10.0 Å². The Labute approximate surface area is 115 Å². The van der Waals surface area contributed by atoms with Gasteiger partial charge in [-0.15, -0.1) is 0 Å². The molecule has 1 fully saturated rings. The highest BCUT2D eigenvalue weighted by Gasteiger charge is 2.24. The van der Waals surface area contributed by atoms with Crippen molar-refractivity contribution in [3.8, 4) is 0 Å². The van der Waals surface area contributed by atoms with Gasteiger partial charge in [-0.25, -0.2) is 4.79 Å². The summed E-state index contributed by atoms with van der Waals surface area (Å²) in [5.41, 5.74) is 1.10. The lowest BCUT2D eigenvalue weighted by molar-refractivity contribution is -0.0153. The van der Waals surface area contributed by atoms with Crippen LogP contribution in [0, 0.1) is 0 Å². The Balaban J connectivity index is 2.04. The van der Waals surface area contributed by atoms with Crippen molar-refractivity contribution in [1.82, 2.24) is 10.2 Å². The number of carbonyl (C=O) groups excluding carboxylic acids is 1. The second kappa shape index (κ2) is 6.20. The van der Waals surface area contributed by atoms with Gasteiger partial charge in [0.15, 0.2) is 0 Å². The number of morpholine rings is 1. The molecule has 1 saturated heterocycles. The highest BCUT2D eigenvalue weighted by Crippen LogP contribution is 2.24. The number of hydrogen-bond acceptors (Lipinski definition) is 2. The zero-order chi connectivity index (χ0) is 13.0. The van der Waals surface area contributed by atoms with E-state index in [2.05, 4.69) is 21.2 Å². The summed E-state index contributed by atoms with van der Waals surface area (Å²) in [4.78, 5) is 13.6. The summed E-state index contributed by atoms with van der Waals surface area (Å²) in [5.74, 6) is 0. The van der Waals surface area contributed by atoms with E-state index in [-0.39, 0.29) is 12.1 Å². The lowest BCUT2D eigenvalue weighted by Gasteiger charge is -2.33. The molecule has 1 aliphatic heterocycles. The van der Waals surface area contributed by atoms with Crippen LogP contribution in [-0.2, 0) is 4.74 Å². The predicted molar refractivity (Wildman–Crippen MR) is 73.5 cm³/mol. The van der Waals surface area contributed by atoms with Gasteiger partial charge in [-0.2, -0.15) is 0 Å². The van der Waals surface area contributed by atoms with Crippen LogP contribution in [0.2, 0.25) is 0 Å². The van der Waals surface area contributed by atoms with Gasteiger partial charge in [0.2, 0.25) is 0 Å². The van der Waals surface area contributed by atoms with Crippen LogP contribution in [0.4, 0.5) is 4.79 Å². The predicted octanol–water partition coefficient (Wildman–Crippen LogP) is 2.55. The van der Waals surface area contributed by atoms with E-state index in [9.17, 15) is 4.79 Å². The molecule has 18 heavy (non-hydrogen) atoms. The summed E-state index contributed by atoms with van der Waals surface area (Å²) in [6.45, 7) is 4.40. The number of hydrogen-bond donors (Lipinski definition) is 1. The van der Waals surface area contributed by atoms with Gasteiger partial charge in [0.05, 0.1) is 13.2 Å². The summed E-state index contributed by atoms with van der Waals surface area (Å²) in [6.07, 6.45) is -0.0427. The van der Waals surface area contributed by atoms with Crippen LogP contribution >= 0.6 is 15.9 Å². The van der Waals surface area contributed by atoms with Gasteiger partial charge in [0, 0.05) is 17.6 Å². The number of urea groups is 1. The Morgan fingerprint density at radius 1 is 1.61 bits per heavy atom. The minimum Gasteiger partial charge on any atom is -0.370 e. The largest absolute Gasteiger partial charge is 0.370 e. The Kier molecular flexibility index (Phi) is 4.60. The highest BCUT2D eigenvalue weighted by molar-refractivity contribution is 9.10. The molecule has 1 aromatic carbocycles. The first kappa shape index (κ1) is 13.4. The van der Waals surface area contributed by atoms with Gasteiger partial charge < -0.3 is 15.0 Å². The average molecular weight is 313 g/mol. The van der Waals surface area contributed by atoms with Crippen LogP contribution < -0.4 is 5.32 Å². The molecule has 5 heteroatoms. The molecule has 1 heterocycles. The standard InChI is InChI=1S/C13H17BrN2O2/c1-2-15-13(17)16-6-7-18-12(9-16)10-4-3-5-11(14)8-10/h3-5,8,12H,2,6-7,9H2,1H3,(H,15,17)/t12-/m1/s1. The molecule has 4 nitrogen and oxygen atoms in total. The summed E-state index contributed by atoms with van der Waals surface area (Å²) in [6, 6.07) is 8.00. The van der Waals surface area contributed by atoms with Crippen molar-refractivity contribution in [2.24, 2.45) is 0 Å². The number of nitrogens with zero attached hydrogens (tertiary/aromatic N) is 1. The van der Waals surface area contributed by atoms with E-state index in [1.54, 1.807) is 4.90 Å². The molecule has 0 spiro atoms. The van der Waals surface area contributed by atoms with Gasteiger partial charge in [-0.3, -0.25) is 0 Å². The fourth-order valence-electron chi connectivity index (χ4n) is 2.01. The molecule has 2 amide bonds. The first-order chi connectivity index (χ1) is 8.70. The van der Waals surface area contributed by atoms with Gasteiger partial charge in [-0.05, 0) is 24.6 Å². The van der Waals surface area contributed by atoms with Gasteiger partial charge in [-0.1, -0.05) is 28.1 Å². The molecule has 98 valence electrons. The van der Waals surface area contributed by atoms with Crippen molar-refractivity contribution < 1.29 is 9.53 Å². The molecule has 0 aromatic heterocycles. The summed E-state index contributed by atoms with van der Waals surface area (Å²) in [5, 5.41) is 2.82. The van der Waals surface area contributed by atoms with E-state index < -0.39 is 0 Å². The third kappa shape index (κ3) is 3.23. The molecule has 1 aromatic rings. The lowest BCUT2D eigenvalue weighted by atomic mass is 10.1. The van der Waals surface area contributed by atoms with Gasteiger partial charge in [0.25, 0.3) is 0 Å². The fourth-order valence-corrected chi connectivity index (χ4v) is 2.42. The van der Waals surface area contributed by atoms with Crippen LogP contribution in [0.5, 0.6) is 0 Å². The molecule has 0 aliphatic carbocycles. The maximum Gasteiger partial charge on any atom is 0.317 e. The van der Waals surface area contributed by atoms with Crippen LogP contribution in [0.25, 0.3) is 0 Å². The zero-order valence-corrected chi connectivity index (χ0v) is 11.9. The number of rotatable bonds is 2. The fraction of sp³-hybridized carbons (Fsp3) is 0.462. The van der Waals surface area contributed by atoms with E-state index in [1.165, 1.54) is 0 Å². The SMILES string of the molecule is CCNC(=O)N1CCO[C@@H](c2cccc(Br)c2)C1. The molecular weight excluding hydrogens is 296 g/mol. The summed E-state index contributed by atoms with van der Waals surface area (Å²) >= 11 is 3.45. The van der Waals surface area contributed by atoms with Crippen molar-refractivity contribution >= 4 is 22.0 Å². The molecule has 0 bridgehead atoms. The van der Waals surface area contributed by atoms with Crippen molar-refractivity contribution in [3.05, 3.63) is 34.3 Å². The smallest absolute Gasteiger partial charge is 0.317 e. The maximum atomic E-state index is 11.8. The van der Waals surface area contributed by atoms with E-state index >= 15 is 0 Å². The molecule has 1 aliphatic rings. The third-order valence-corrected chi connectivity index (χ3v) is 3.40. The number of ether oxygens (including phenoxy) is 1. The van der Waals surface area contributed by atoms with Crippen molar-refractivity contribution in [3.63, 3.8) is 0 Å². The average Bonchev–Trinajstić information content (AvgIpc) is 2.39. The Morgan fingerprint density at radius 3 is 3.17 bits per heavy atom. The molecule has 2 rings (SSSR count). The summed E-state index contributed by atoms with van der Waals surface area (Å²) in [7, 11) is 0. The Morgan fingerprint density at radius 2 is 2.44 bits per heavy atom. The van der Waals surface area contributed by atoms with Crippen molar-refractivity contribution in [1.29, 1.82) is 0 Å². The Hall–Kier alpha value is -1.07. The second-order valence-electron chi connectivity index (χ2n) is 4.20. The molecule has 0 unspecified atom stereocenters.